The lowest BCUT2D eigenvalue weighted by atomic mass is 10.2. The van der Waals surface area contributed by atoms with Crippen molar-refractivity contribution >= 4 is 16.6 Å². The molecule has 0 bridgehead atoms. The number of ether oxygens (including phenoxy) is 1. The van der Waals surface area contributed by atoms with Gasteiger partial charge in [0.05, 0.1) is 23.2 Å². The molecule has 3 nitrogen and oxygen atoms in total. The zero-order valence-electron chi connectivity index (χ0n) is 9.73. The van der Waals surface area contributed by atoms with Crippen molar-refractivity contribution in [3.05, 3.63) is 24.3 Å². The summed E-state index contributed by atoms with van der Waals surface area (Å²) in [6, 6.07) is 6.95. The number of hydrogen-bond acceptors (Lipinski definition) is 3. The van der Waals surface area contributed by atoms with E-state index in [-0.39, 0.29) is 5.78 Å². The fourth-order valence-corrected chi connectivity index (χ4v) is 2.54. The van der Waals surface area contributed by atoms with E-state index in [9.17, 15) is 9.00 Å². The molecular weight excluding hydrogens is 224 g/mol. The van der Waals surface area contributed by atoms with Crippen molar-refractivity contribution < 1.29 is 13.7 Å². The Morgan fingerprint density at radius 1 is 1.38 bits per heavy atom. The molecule has 0 spiro atoms. The third-order valence-electron chi connectivity index (χ3n) is 2.41. The summed E-state index contributed by atoms with van der Waals surface area (Å²) in [4.78, 5) is 12.1. The zero-order valence-corrected chi connectivity index (χ0v) is 10.5. The van der Waals surface area contributed by atoms with E-state index in [1.165, 1.54) is 0 Å². The molecule has 88 valence electrons. The summed E-state index contributed by atoms with van der Waals surface area (Å²) in [5.74, 6) is 0.740. The van der Waals surface area contributed by atoms with Crippen molar-refractivity contribution in [2.45, 2.75) is 30.4 Å². The number of benzene rings is 1. The van der Waals surface area contributed by atoms with Crippen LogP contribution in [0.25, 0.3) is 0 Å². The Labute approximate surface area is 98.3 Å². The predicted molar refractivity (Wildman–Crippen MR) is 64.2 cm³/mol. The highest BCUT2D eigenvalue weighted by Gasteiger charge is 2.19. The normalized spacial score (nSPS) is 14.2. The average molecular weight is 240 g/mol. The Hall–Kier alpha value is -1.16. The van der Waals surface area contributed by atoms with Crippen LogP contribution in [0, 0.1) is 0 Å². The minimum absolute atomic E-state index is 0.0224. The molecule has 2 atom stereocenters. The first-order valence-electron chi connectivity index (χ1n) is 5.17. The molecule has 0 saturated heterocycles. The molecule has 0 N–H and O–H groups in total. The summed E-state index contributed by atoms with van der Waals surface area (Å²) in [5.41, 5.74) is 0. The van der Waals surface area contributed by atoms with E-state index >= 15 is 0 Å². The Kier molecular flexibility index (Phi) is 4.68. The van der Waals surface area contributed by atoms with E-state index < -0.39 is 16.0 Å². The second kappa shape index (κ2) is 5.80. The second-order valence-corrected chi connectivity index (χ2v) is 5.21. The maximum absolute atomic E-state index is 12.0. The molecule has 0 aliphatic heterocycles. The van der Waals surface area contributed by atoms with E-state index in [1.807, 2.05) is 0 Å². The molecule has 0 saturated carbocycles. The highest BCUT2D eigenvalue weighted by atomic mass is 32.2. The van der Waals surface area contributed by atoms with E-state index in [0.717, 1.165) is 5.75 Å². The van der Waals surface area contributed by atoms with Crippen molar-refractivity contribution in [3.8, 4) is 5.75 Å². The number of hydrogen-bond donors (Lipinski definition) is 0. The molecule has 1 rings (SSSR count). The van der Waals surface area contributed by atoms with Crippen LogP contribution >= 0.6 is 0 Å². The lowest BCUT2D eigenvalue weighted by Gasteiger charge is -2.09. The molecule has 1 aromatic carbocycles. The molecule has 0 aromatic heterocycles. The Morgan fingerprint density at radius 2 is 1.94 bits per heavy atom. The molecule has 0 radical (unpaired) electrons. The second-order valence-electron chi connectivity index (χ2n) is 3.44. The summed E-state index contributed by atoms with van der Waals surface area (Å²) >= 11 is 0. The standard InChI is InChI=1S/C12H16O3S/c1-4-12(13)9(2)16(14)11-7-5-10(15-3)6-8-11/h5-9H,4H2,1-3H3. The summed E-state index contributed by atoms with van der Waals surface area (Å²) in [6.07, 6.45) is 0.420. The molecule has 16 heavy (non-hydrogen) atoms. The molecular formula is C12H16O3S. The lowest BCUT2D eigenvalue weighted by Crippen LogP contribution is -2.21. The van der Waals surface area contributed by atoms with Gasteiger partial charge >= 0.3 is 0 Å². The van der Waals surface area contributed by atoms with Crippen LogP contribution in [0.4, 0.5) is 0 Å². The van der Waals surface area contributed by atoms with Crippen LogP contribution in [0.3, 0.4) is 0 Å². The first kappa shape index (κ1) is 12.9. The van der Waals surface area contributed by atoms with Crippen molar-refractivity contribution in [2.24, 2.45) is 0 Å². The van der Waals surface area contributed by atoms with Gasteiger partial charge in [-0.2, -0.15) is 0 Å². The summed E-state index contributed by atoms with van der Waals surface area (Å²) in [6.45, 7) is 3.48. The monoisotopic (exact) mass is 240 g/mol. The molecule has 0 fully saturated rings. The third-order valence-corrected chi connectivity index (χ3v) is 4.06. The van der Waals surface area contributed by atoms with E-state index in [0.29, 0.717) is 11.3 Å². The van der Waals surface area contributed by atoms with Gasteiger partial charge in [-0.05, 0) is 31.2 Å². The number of Topliss-reactive ketones (excluding diaryl/α,β-unsaturated/α-hetero) is 1. The van der Waals surface area contributed by atoms with E-state index in [4.69, 9.17) is 4.74 Å². The number of ketones is 1. The quantitative estimate of drug-likeness (QED) is 0.792. The minimum Gasteiger partial charge on any atom is -0.497 e. The number of rotatable bonds is 5. The highest BCUT2D eigenvalue weighted by molar-refractivity contribution is 7.86. The molecule has 0 aliphatic rings. The molecule has 2 unspecified atom stereocenters. The Bertz CT molecular complexity index is 384. The first-order chi connectivity index (χ1) is 7.60. The van der Waals surface area contributed by atoms with Gasteiger partial charge in [-0.3, -0.25) is 9.00 Å². The van der Waals surface area contributed by atoms with Crippen LogP contribution in [-0.4, -0.2) is 22.4 Å². The average Bonchev–Trinajstić information content (AvgIpc) is 2.36. The van der Waals surface area contributed by atoms with Gasteiger partial charge in [0.1, 0.15) is 11.5 Å². The number of methoxy groups -OCH3 is 1. The van der Waals surface area contributed by atoms with Crippen LogP contribution in [0.1, 0.15) is 20.3 Å². The van der Waals surface area contributed by atoms with Crippen LogP contribution in [0.2, 0.25) is 0 Å². The Balaban J connectivity index is 2.84. The van der Waals surface area contributed by atoms with Gasteiger partial charge in [-0.1, -0.05) is 6.92 Å². The van der Waals surface area contributed by atoms with Gasteiger partial charge in [0, 0.05) is 11.3 Å². The molecule has 1 aromatic rings. The molecule has 0 amide bonds. The van der Waals surface area contributed by atoms with Crippen LogP contribution in [0.15, 0.2) is 29.2 Å². The third kappa shape index (κ3) is 2.92. The van der Waals surface area contributed by atoms with Crippen LogP contribution in [-0.2, 0) is 15.6 Å². The number of carbonyl (C=O) groups is 1. The van der Waals surface area contributed by atoms with Crippen LogP contribution < -0.4 is 4.74 Å². The van der Waals surface area contributed by atoms with E-state index in [1.54, 1.807) is 45.2 Å². The largest absolute Gasteiger partial charge is 0.497 e. The highest BCUT2D eigenvalue weighted by Crippen LogP contribution is 2.17. The smallest absolute Gasteiger partial charge is 0.148 e. The first-order valence-corrected chi connectivity index (χ1v) is 6.38. The topological polar surface area (TPSA) is 43.4 Å². The van der Waals surface area contributed by atoms with Gasteiger partial charge in [-0.15, -0.1) is 0 Å². The van der Waals surface area contributed by atoms with Gasteiger partial charge in [0.25, 0.3) is 0 Å². The summed E-state index contributed by atoms with van der Waals surface area (Å²) < 4.78 is 17.0. The van der Waals surface area contributed by atoms with Gasteiger partial charge < -0.3 is 4.74 Å². The van der Waals surface area contributed by atoms with Gasteiger partial charge in [0.2, 0.25) is 0 Å². The molecule has 4 heteroatoms. The minimum atomic E-state index is -1.27. The van der Waals surface area contributed by atoms with Crippen molar-refractivity contribution in [1.29, 1.82) is 0 Å². The summed E-state index contributed by atoms with van der Waals surface area (Å²) in [5, 5.41) is -0.446. The van der Waals surface area contributed by atoms with Crippen molar-refractivity contribution in [1.82, 2.24) is 0 Å². The lowest BCUT2D eigenvalue weighted by molar-refractivity contribution is -0.118. The molecule has 0 aliphatic carbocycles. The van der Waals surface area contributed by atoms with E-state index in [2.05, 4.69) is 0 Å². The zero-order chi connectivity index (χ0) is 12.1. The van der Waals surface area contributed by atoms with Crippen molar-refractivity contribution in [3.63, 3.8) is 0 Å². The molecule has 0 heterocycles. The van der Waals surface area contributed by atoms with Gasteiger partial charge in [0.15, 0.2) is 0 Å². The van der Waals surface area contributed by atoms with Crippen LogP contribution in [0.5, 0.6) is 5.75 Å². The summed E-state index contributed by atoms with van der Waals surface area (Å²) in [7, 11) is 0.305. The fourth-order valence-electron chi connectivity index (χ4n) is 1.32. The fraction of sp³-hybridized carbons (Fsp3) is 0.417. The SMILES string of the molecule is CCC(=O)C(C)S(=O)c1ccc(OC)cc1. The Morgan fingerprint density at radius 3 is 2.38 bits per heavy atom. The van der Waals surface area contributed by atoms with Crippen molar-refractivity contribution in [2.75, 3.05) is 7.11 Å². The number of carbonyl (C=O) groups excluding carboxylic acids is 1. The maximum atomic E-state index is 12.0. The maximum Gasteiger partial charge on any atom is 0.148 e. The predicted octanol–water partition coefficient (Wildman–Crippen LogP) is 2.17. The van der Waals surface area contributed by atoms with Gasteiger partial charge in [-0.25, -0.2) is 0 Å².